The molecule has 14 nitrogen and oxygen atoms in total. The van der Waals surface area contributed by atoms with Gasteiger partial charge in [0.2, 0.25) is 0 Å². The number of phenolic OH excluding ortho intramolecular Hbond substituents is 4. The van der Waals surface area contributed by atoms with Crippen LogP contribution >= 0.6 is 0 Å². The number of phenols is 4. The van der Waals surface area contributed by atoms with Crippen molar-refractivity contribution in [2.75, 3.05) is 0 Å². The number of hydrogen-bond acceptors (Lipinski definition) is 10. The van der Waals surface area contributed by atoms with E-state index in [1.807, 2.05) is 21.3 Å². The first-order valence-corrected chi connectivity index (χ1v) is 10.3. The van der Waals surface area contributed by atoms with Crippen molar-refractivity contribution >= 4 is 35.7 Å². The van der Waals surface area contributed by atoms with Crippen molar-refractivity contribution in [2.24, 2.45) is 0 Å². The van der Waals surface area contributed by atoms with Gasteiger partial charge in [0.25, 0.3) is 23.6 Å². The summed E-state index contributed by atoms with van der Waals surface area (Å²) in [4.78, 5) is 78.0. The molecule has 3 aliphatic rings. The van der Waals surface area contributed by atoms with Crippen LogP contribution in [0.2, 0.25) is 0 Å². The fraction of sp³-hybridized carbons (Fsp3) is 0.182. The summed E-state index contributed by atoms with van der Waals surface area (Å²) in [5.41, 5.74) is -7.74. The van der Waals surface area contributed by atoms with Gasteiger partial charge in [-0.25, -0.2) is 9.59 Å². The molecule has 0 unspecified atom stereocenters. The molecule has 14 heteroatoms. The number of carbonyl (C=O) groups excluding carboxylic acids is 6. The van der Waals surface area contributed by atoms with Crippen LogP contribution in [0.5, 0.6) is 23.0 Å². The molecule has 2 aliphatic heterocycles. The first-order valence-electron chi connectivity index (χ1n) is 10.3. The van der Waals surface area contributed by atoms with E-state index in [1.54, 1.807) is 0 Å². The van der Waals surface area contributed by atoms with E-state index in [4.69, 9.17) is 0 Å². The highest BCUT2D eigenvalue weighted by Gasteiger charge is 2.68. The normalized spacial score (nSPS) is 19.3. The molecular weight excluding hydrogens is 480 g/mol. The largest absolute Gasteiger partial charge is 0.504 e. The zero-order valence-electron chi connectivity index (χ0n) is 18.4. The Morgan fingerprint density at radius 3 is 1.11 bits per heavy atom. The minimum Gasteiger partial charge on any atom is -0.504 e. The highest BCUT2D eigenvalue weighted by Crippen LogP contribution is 2.58. The molecule has 8 amide bonds. The Morgan fingerprint density at radius 2 is 0.833 bits per heavy atom. The van der Waals surface area contributed by atoms with Crippen LogP contribution in [0.15, 0.2) is 12.1 Å². The SMILES string of the molecule is Cc1c(O)c(O)cc2c1C1(C(=O)NC(=O)NC1=O)c1cc(O)c(O)c(C)c1C21C(=O)NC(=O)NC1=O. The van der Waals surface area contributed by atoms with Crippen molar-refractivity contribution in [2.45, 2.75) is 24.7 Å². The molecule has 8 N–H and O–H groups in total. The van der Waals surface area contributed by atoms with E-state index in [0.717, 1.165) is 12.1 Å². The molecular formula is C22H16N4O10. The molecule has 36 heavy (non-hydrogen) atoms. The molecule has 184 valence electrons. The third kappa shape index (κ3) is 2.29. The van der Waals surface area contributed by atoms with E-state index >= 15 is 0 Å². The minimum absolute atomic E-state index is 0.322. The lowest BCUT2D eigenvalue weighted by Crippen LogP contribution is -2.71. The summed E-state index contributed by atoms with van der Waals surface area (Å²) in [6, 6.07) is -0.814. The molecule has 0 atom stereocenters. The van der Waals surface area contributed by atoms with Gasteiger partial charge in [0.15, 0.2) is 33.8 Å². The maximum absolute atomic E-state index is 13.5. The molecule has 0 radical (unpaired) electrons. The van der Waals surface area contributed by atoms with Gasteiger partial charge in [-0.3, -0.25) is 40.4 Å². The van der Waals surface area contributed by atoms with E-state index in [-0.39, 0.29) is 11.1 Å². The molecule has 5 rings (SSSR count). The van der Waals surface area contributed by atoms with E-state index in [9.17, 15) is 49.2 Å². The third-order valence-electron chi connectivity index (χ3n) is 6.88. The highest BCUT2D eigenvalue weighted by atomic mass is 16.3. The number of imide groups is 4. The number of barbiturate groups is 2. The van der Waals surface area contributed by atoms with Crippen LogP contribution in [0.4, 0.5) is 9.59 Å². The second-order valence-electron chi connectivity index (χ2n) is 8.56. The second kappa shape index (κ2) is 6.71. The van der Waals surface area contributed by atoms with Gasteiger partial charge in [0.1, 0.15) is 0 Å². The summed E-state index contributed by atoms with van der Waals surface area (Å²) in [5, 5.41) is 49.7. The summed E-state index contributed by atoms with van der Waals surface area (Å²) < 4.78 is 0. The van der Waals surface area contributed by atoms with Gasteiger partial charge < -0.3 is 20.4 Å². The monoisotopic (exact) mass is 496 g/mol. The van der Waals surface area contributed by atoms with E-state index in [2.05, 4.69) is 0 Å². The molecule has 2 saturated heterocycles. The average Bonchev–Trinajstić information content (AvgIpc) is 2.78. The van der Waals surface area contributed by atoms with Crippen LogP contribution in [-0.2, 0) is 30.0 Å². The summed E-state index contributed by atoms with van der Waals surface area (Å²) in [6.07, 6.45) is 0. The lowest BCUT2D eigenvalue weighted by atomic mass is 9.53. The maximum atomic E-state index is 13.5. The number of fused-ring (bicyclic) bond motifs is 6. The van der Waals surface area contributed by atoms with Crippen LogP contribution < -0.4 is 21.3 Å². The van der Waals surface area contributed by atoms with E-state index in [1.165, 1.54) is 13.8 Å². The van der Waals surface area contributed by atoms with Crippen LogP contribution in [0.3, 0.4) is 0 Å². The fourth-order valence-corrected chi connectivity index (χ4v) is 5.41. The Morgan fingerprint density at radius 1 is 0.556 bits per heavy atom. The minimum atomic E-state index is -2.60. The van der Waals surface area contributed by atoms with Crippen LogP contribution in [0.25, 0.3) is 0 Å². The number of hydrogen-bond donors (Lipinski definition) is 8. The van der Waals surface area contributed by atoms with Crippen molar-refractivity contribution in [3.8, 4) is 23.0 Å². The molecule has 2 aromatic rings. The summed E-state index contributed by atoms with van der Waals surface area (Å²) in [5.74, 6) is -8.35. The maximum Gasteiger partial charge on any atom is 0.328 e. The molecule has 2 heterocycles. The standard InChI is InChI=1S/C22H16N4O10/c1-5-11-7(3-9(27)13(5)29)22(17(33)25-20(36)26-18(22)34)12-6(2)14(30)10(28)4-8(12)21(11)15(31)23-19(35)24-16(21)32/h3-4,27-30H,1-2H3,(H2,23,24,31,32,35)(H2,25,26,33,34,36). The van der Waals surface area contributed by atoms with Gasteiger partial charge >= 0.3 is 12.1 Å². The second-order valence-corrected chi connectivity index (χ2v) is 8.56. The summed E-state index contributed by atoms with van der Waals surface area (Å²) in [6.45, 7) is 2.37. The molecule has 2 aromatic carbocycles. The number of rotatable bonds is 0. The van der Waals surface area contributed by atoms with Gasteiger partial charge in [-0.2, -0.15) is 0 Å². The summed E-state index contributed by atoms with van der Waals surface area (Å²) in [7, 11) is 0. The Balaban J connectivity index is 2.10. The predicted molar refractivity (Wildman–Crippen MR) is 114 cm³/mol. The molecule has 0 bridgehead atoms. The fourth-order valence-electron chi connectivity index (χ4n) is 5.41. The van der Waals surface area contributed by atoms with Crippen molar-refractivity contribution in [1.82, 2.24) is 21.3 Å². The van der Waals surface area contributed by atoms with Crippen molar-refractivity contribution < 1.29 is 49.2 Å². The van der Waals surface area contributed by atoms with Crippen molar-refractivity contribution in [1.29, 1.82) is 0 Å². The topological polar surface area (TPSA) is 231 Å². The Hall–Kier alpha value is -5.14. The third-order valence-corrected chi connectivity index (χ3v) is 6.88. The van der Waals surface area contributed by atoms with Gasteiger partial charge in [-0.1, -0.05) is 0 Å². The van der Waals surface area contributed by atoms with E-state index < -0.39 is 91.8 Å². The molecule has 2 spiro atoms. The predicted octanol–water partition coefficient (Wildman–Crippen LogP) is -1.26. The Labute approximate surface area is 199 Å². The van der Waals surface area contributed by atoms with Crippen LogP contribution in [-0.4, -0.2) is 56.1 Å². The van der Waals surface area contributed by atoms with Gasteiger partial charge in [0, 0.05) is 11.1 Å². The summed E-state index contributed by atoms with van der Waals surface area (Å²) >= 11 is 0. The Kier molecular flexibility index (Phi) is 4.22. The highest BCUT2D eigenvalue weighted by molar-refractivity contribution is 6.31. The average molecular weight is 496 g/mol. The van der Waals surface area contributed by atoms with Crippen molar-refractivity contribution in [3.63, 3.8) is 0 Å². The van der Waals surface area contributed by atoms with E-state index in [0.29, 0.717) is 0 Å². The number of carbonyl (C=O) groups is 6. The molecule has 1 aliphatic carbocycles. The number of aromatic hydroxyl groups is 4. The molecule has 0 saturated carbocycles. The zero-order valence-corrected chi connectivity index (χ0v) is 18.4. The Bertz CT molecular complexity index is 1370. The first kappa shape index (κ1) is 22.6. The number of urea groups is 2. The number of nitrogens with one attached hydrogen (secondary N) is 4. The lowest BCUT2D eigenvalue weighted by Gasteiger charge is -2.48. The first-order chi connectivity index (χ1) is 16.8. The number of amides is 8. The number of benzene rings is 2. The van der Waals surface area contributed by atoms with Crippen LogP contribution in [0.1, 0.15) is 33.4 Å². The lowest BCUT2D eigenvalue weighted by molar-refractivity contribution is -0.140. The van der Waals surface area contributed by atoms with Gasteiger partial charge in [0.05, 0.1) is 0 Å². The zero-order chi connectivity index (χ0) is 26.5. The van der Waals surface area contributed by atoms with Gasteiger partial charge in [-0.05, 0) is 48.2 Å². The van der Waals surface area contributed by atoms with Crippen molar-refractivity contribution in [3.05, 3.63) is 45.5 Å². The van der Waals surface area contributed by atoms with Gasteiger partial charge in [-0.15, -0.1) is 0 Å². The van der Waals surface area contributed by atoms with Crippen LogP contribution in [0, 0.1) is 13.8 Å². The quantitative estimate of drug-likeness (QED) is 0.159. The molecule has 2 fully saturated rings. The smallest absolute Gasteiger partial charge is 0.328 e. The molecule has 0 aromatic heterocycles.